The third kappa shape index (κ3) is 4.27. The number of nitrogens with zero attached hydrogens (tertiary/aromatic N) is 1. The molecule has 0 aliphatic heterocycles. The molecule has 0 unspecified atom stereocenters. The average Bonchev–Trinajstić information content (AvgIpc) is 3.13. The fourth-order valence-corrected chi connectivity index (χ4v) is 2.91. The minimum atomic E-state index is -2.12. The molecular formula is C19H16F5NS. The van der Waals surface area contributed by atoms with Crippen LogP contribution in [0.4, 0.5) is 22.0 Å². The van der Waals surface area contributed by atoms with E-state index in [-0.39, 0.29) is 0 Å². The predicted octanol–water partition coefficient (Wildman–Crippen LogP) is 6.62. The van der Waals surface area contributed by atoms with Gasteiger partial charge in [0.05, 0.1) is 0 Å². The van der Waals surface area contributed by atoms with E-state index in [4.69, 9.17) is 0 Å². The van der Waals surface area contributed by atoms with Crippen molar-refractivity contribution < 1.29 is 22.0 Å². The topological polar surface area (TPSA) is 12.9 Å². The van der Waals surface area contributed by atoms with E-state index in [0.717, 1.165) is 5.01 Å². The SMILES string of the molecule is CC(C)c1c(F)c(F)c(F)c(F)c1F.Cc1cccc(-c2nccs2)c1. The molecule has 0 radical (unpaired) electrons. The molecule has 3 aromatic rings. The average molecular weight is 385 g/mol. The summed E-state index contributed by atoms with van der Waals surface area (Å²) in [7, 11) is 0. The standard InChI is InChI=1S/C10H9NS.C9H7F5/c1-8-3-2-4-9(7-8)10-11-5-6-12-10;1-3(2)4-5(10)7(12)9(14)8(13)6(4)11/h2-7H,1H3;3H,1-2H3. The van der Waals surface area contributed by atoms with Gasteiger partial charge < -0.3 is 0 Å². The first-order valence-electron chi connectivity index (χ1n) is 7.71. The molecule has 138 valence electrons. The second-order valence-corrected chi connectivity index (χ2v) is 6.74. The summed E-state index contributed by atoms with van der Waals surface area (Å²) in [6.07, 6.45) is 1.84. The van der Waals surface area contributed by atoms with Crippen LogP contribution in [0.25, 0.3) is 10.6 Å². The first kappa shape index (κ1) is 20.0. The second-order valence-electron chi connectivity index (χ2n) is 5.85. The van der Waals surface area contributed by atoms with Gasteiger partial charge in [0.15, 0.2) is 23.3 Å². The Labute approximate surface area is 152 Å². The van der Waals surface area contributed by atoms with Gasteiger partial charge in [0.1, 0.15) is 5.01 Å². The zero-order valence-corrected chi connectivity index (χ0v) is 15.1. The summed E-state index contributed by atoms with van der Waals surface area (Å²) in [5, 5.41) is 3.09. The van der Waals surface area contributed by atoms with Crippen LogP contribution in [0.15, 0.2) is 35.8 Å². The lowest BCUT2D eigenvalue weighted by Gasteiger charge is -2.10. The van der Waals surface area contributed by atoms with E-state index in [1.807, 2.05) is 11.6 Å². The van der Waals surface area contributed by atoms with Gasteiger partial charge in [0, 0.05) is 22.7 Å². The van der Waals surface area contributed by atoms with Crippen LogP contribution in [0.2, 0.25) is 0 Å². The molecule has 0 aliphatic rings. The van der Waals surface area contributed by atoms with Crippen LogP contribution in [-0.4, -0.2) is 4.98 Å². The Bertz CT molecular complexity index is 862. The zero-order chi connectivity index (χ0) is 19.4. The fourth-order valence-electron chi connectivity index (χ4n) is 2.27. The number of hydrogen-bond acceptors (Lipinski definition) is 2. The first-order valence-corrected chi connectivity index (χ1v) is 8.59. The highest BCUT2D eigenvalue weighted by molar-refractivity contribution is 7.13. The van der Waals surface area contributed by atoms with E-state index >= 15 is 0 Å². The van der Waals surface area contributed by atoms with Gasteiger partial charge in [0.25, 0.3) is 0 Å². The largest absolute Gasteiger partial charge is 0.245 e. The molecule has 26 heavy (non-hydrogen) atoms. The van der Waals surface area contributed by atoms with E-state index in [1.54, 1.807) is 11.3 Å². The monoisotopic (exact) mass is 385 g/mol. The lowest BCUT2D eigenvalue weighted by atomic mass is 10.0. The van der Waals surface area contributed by atoms with Gasteiger partial charge in [-0.3, -0.25) is 0 Å². The quantitative estimate of drug-likeness (QED) is 0.274. The molecule has 0 amide bonds. The van der Waals surface area contributed by atoms with Crippen molar-refractivity contribution in [2.24, 2.45) is 0 Å². The highest BCUT2D eigenvalue weighted by Crippen LogP contribution is 2.28. The van der Waals surface area contributed by atoms with Crippen LogP contribution in [0.5, 0.6) is 0 Å². The summed E-state index contributed by atoms with van der Waals surface area (Å²) in [4.78, 5) is 4.25. The normalized spacial score (nSPS) is 10.7. The van der Waals surface area contributed by atoms with Crippen molar-refractivity contribution in [2.45, 2.75) is 26.7 Å². The van der Waals surface area contributed by atoms with Crippen LogP contribution in [0.1, 0.15) is 30.9 Å². The molecule has 1 aromatic heterocycles. The van der Waals surface area contributed by atoms with E-state index in [2.05, 4.69) is 36.2 Å². The van der Waals surface area contributed by atoms with E-state index in [0.29, 0.717) is 0 Å². The summed E-state index contributed by atoms with van der Waals surface area (Å²) in [5.74, 6) is -10.2. The highest BCUT2D eigenvalue weighted by Gasteiger charge is 2.26. The number of halogens is 5. The molecule has 7 heteroatoms. The van der Waals surface area contributed by atoms with E-state index < -0.39 is 40.6 Å². The number of aromatic nitrogens is 1. The van der Waals surface area contributed by atoms with Crippen molar-refractivity contribution in [2.75, 3.05) is 0 Å². The van der Waals surface area contributed by atoms with Crippen molar-refractivity contribution in [3.8, 4) is 10.6 Å². The number of rotatable bonds is 2. The van der Waals surface area contributed by atoms with Gasteiger partial charge in [-0.05, 0) is 18.9 Å². The Hall–Kier alpha value is -2.28. The van der Waals surface area contributed by atoms with Crippen molar-refractivity contribution in [1.29, 1.82) is 0 Å². The number of benzene rings is 2. The predicted molar refractivity (Wildman–Crippen MR) is 92.6 cm³/mol. The Morgan fingerprint density at radius 1 is 0.885 bits per heavy atom. The molecule has 3 rings (SSSR count). The first-order chi connectivity index (χ1) is 12.2. The summed E-state index contributed by atoms with van der Waals surface area (Å²) in [6.45, 7) is 4.79. The summed E-state index contributed by atoms with van der Waals surface area (Å²) >= 11 is 1.67. The molecular weight excluding hydrogens is 369 g/mol. The van der Waals surface area contributed by atoms with Gasteiger partial charge in [-0.1, -0.05) is 37.6 Å². The maximum Gasteiger partial charge on any atom is 0.200 e. The van der Waals surface area contributed by atoms with Crippen molar-refractivity contribution in [3.63, 3.8) is 0 Å². The van der Waals surface area contributed by atoms with Crippen LogP contribution >= 0.6 is 11.3 Å². The van der Waals surface area contributed by atoms with Crippen molar-refractivity contribution in [1.82, 2.24) is 4.98 Å². The van der Waals surface area contributed by atoms with Crippen LogP contribution in [0.3, 0.4) is 0 Å². The molecule has 1 heterocycles. The lowest BCUT2D eigenvalue weighted by molar-refractivity contribution is 0.366. The lowest BCUT2D eigenvalue weighted by Crippen LogP contribution is -2.08. The summed E-state index contributed by atoms with van der Waals surface area (Å²) in [6, 6.07) is 8.40. The second kappa shape index (κ2) is 8.40. The molecule has 0 atom stereocenters. The molecule has 0 saturated carbocycles. The van der Waals surface area contributed by atoms with Gasteiger partial charge >= 0.3 is 0 Å². The molecule has 0 N–H and O–H groups in total. The Balaban J connectivity index is 0.000000189. The molecule has 0 saturated heterocycles. The summed E-state index contributed by atoms with van der Waals surface area (Å²) in [5.41, 5.74) is 1.72. The molecule has 0 aliphatic carbocycles. The maximum atomic E-state index is 12.9. The molecule has 0 spiro atoms. The highest BCUT2D eigenvalue weighted by atomic mass is 32.1. The Morgan fingerprint density at radius 2 is 1.46 bits per heavy atom. The number of thiazole rings is 1. The fraction of sp³-hybridized carbons (Fsp3) is 0.211. The molecule has 1 nitrogen and oxygen atoms in total. The zero-order valence-electron chi connectivity index (χ0n) is 14.3. The third-order valence-corrected chi connectivity index (χ3v) is 4.34. The van der Waals surface area contributed by atoms with E-state index in [1.165, 1.54) is 25.0 Å². The van der Waals surface area contributed by atoms with Crippen molar-refractivity contribution in [3.05, 3.63) is 76.1 Å². The van der Waals surface area contributed by atoms with Gasteiger partial charge in [-0.2, -0.15) is 0 Å². The van der Waals surface area contributed by atoms with Crippen LogP contribution in [0, 0.1) is 36.0 Å². The molecule has 2 aromatic carbocycles. The van der Waals surface area contributed by atoms with Crippen LogP contribution < -0.4 is 0 Å². The molecule has 0 fully saturated rings. The number of hydrogen-bond donors (Lipinski definition) is 0. The smallest absolute Gasteiger partial charge is 0.200 e. The Kier molecular flexibility index (Phi) is 6.47. The van der Waals surface area contributed by atoms with Crippen LogP contribution in [-0.2, 0) is 0 Å². The number of aryl methyl sites for hydroxylation is 1. The minimum Gasteiger partial charge on any atom is -0.245 e. The Morgan fingerprint density at radius 3 is 1.92 bits per heavy atom. The maximum absolute atomic E-state index is 12.9. The van der Waals surface area contributed by atoms with Gasteiger partial charge in [-0.25, -0.2) is 26.9 Å². The minimum absolute atomic E-state index is 0.764. The third-order valence-electron chi connectivity index (χ3n) is 3.52. The van der Waals surface area contributed by atoms with Crippen molar-refractivity contribution >= 4 is 11.3 Å². The molecule has 0 bridgehead atoms. The van der Waals surface area contributed by atoms with Gasteiger partial charge in [0.2, 0.25) is 5.82 Å². The van der Waals surface area contributed by atoms with Gasteiger partial charge in [-0.15, -0.1) is 11.3 Å². The van der Waals surface area contributed by atoms with E-state index in [9.17, 15) is 22.0 Å². The summed E-state index contributed by atoms with van der Waals surface area (Å²) < 4.78 is 63.6.